The fraction of sp³-hybridized carbons (Fsp3) is 0.438. The van der Waals surface area contributed by atoms with Crippen molar-refractivity contribution in [1.82, 2.24) is 9.46 Å². The van der Waals surface area contributed by atoms with Crippen molar-refractivity contribution in [2.24, 2.45) is 5.92 Å². The van der Waals surface area contributed by atoms with Crippen molar-refractivity contribution < 1.29 is 12.9 Å². The molecule has 1 unspecified atom stereocenters. The molecule has 1 saturated heterocycles. The minimum Gasteiger partial charge on any atom is -0.360 e. The summed E-state index contributed by atoms with van der Waals surface area (Å²) in [6, 6.07) is 10.2. The van der Waals surface area contributed by atoms with E-state index in [0.717, 1.165) is 12.8 Å². The molecule has 0 N–H and O–H groups in total. The molecule has 1 aliphatic heterocycles. The normalized spacial score (nSPS) is 19.6. The number of nitrogens with zero attached hydrogens (tertiary/aromatic N) is 2. The van der Waals surface area contributed by atoms with E-state index in [1.165, 1.54) is 5.56 Å². The largest absolute Gasteiger partial charge is 0.360 e. The van der Waals surface area contributed by atoms with Crippen LogP contribution in [0, 0.1) is 19.8 Å². The van der Waals surface area contributed by atoms with Crippen LogP contribution in [0.25, 0.3) is 0 Å². The summed E-state index contributed by atoms with van der Waals surface area (Å²) in [4.78, 5) is 0.230. The lowest BCUT2D eigenvalue weighted by Crippen LogP contribution is -2.29. The number of rotatable bonds is 4. The molecule has 2 aromatic rings. The number of hydrogen-bond acceptors (Lipinski definition) is 4. The van der Waals surface area contributed by atoms with E-state index in [1.807, 2.05) is 18.2 Å². The predicted octanol–water partition coefficient (Wildman–Crippen LogP) is 2.54. The minimum absolute atomic E-state index is 0.230. The van der Waals surface area contributed by atoms with Crippen molar-refractivity contribution in [2.75, 3.05) is 13.1 Å². The van der Waals surface area contributed by atoms with E-state index in [2.05, 4.69) is 17.3 Å². The number of benzene rings is 1. The van der Waals surface area contributed by atoms with Gasteiger partial charge in [-0.05, 0) is 38.2 Å². The number of sulfonamides is 1. The summed E-state index contributed by atoms with van der Waals surface area (Å²) >= 11 is 0. The fourth-order valence-electron chi connectivity index (χ4n) is 3.10. The summed E-state index contributed by atoms with van der Waals surface area (Å²) in [6.07, 6.45) is 1.80. The molecule has 1 aromatic heterocycles. The number of aromatic nitrogens is 1. The maximum Gasteiger partial charge on any atom is 0.248 e. The van der Waals surface area contributed by atoms with Gasteiger partial charge in [0.25, 0.3) is 0 Å². The van der Waals surface area contributed by atoms with Gasteiger partial charge in [0.15, 0.2) is 5.76 Å². The Hall–Kier alpha value is -1.66. The van der Waals surface area contributed by atoms with Gasteiger partial charge in [0.1, 0.15) is 10.6 Å². The molecule has 1 aromatic carbocycles. The lowest BCUT2D eigenvalue weighted by Gasteiger charge is -2.16. The van der Waals surface area contributed by atoms with Gasteiger partial charge in [-0.2, -0.15) is 4.31 Å². The van der Waals surface area contributed by atoms with E-state index >= 15 is 0 Å². The van der Waals surface area contributed by atoms with Crippen molar-refractivity contribution in [3.8, 4) is 0 Å². The lowest BCUT2D eigenvalue weighted by atomic mass is 9.99. The standard InChI is InChI=1S/C16H20N2O3S/c1-12-16(13(2)21-17-12)22(19,20)18-9-8-15(11-18)10-14-6-4-3-5-7-14/h3-7,15H,8-11H2,1-2H3. The molecule has 0 radical (unpaired) electrons. The number of hydrogen-bond donors (Lipinski definition) is 0. The van der Waals surface area contributed by atoms with E-state index in [0.29, 0.717) is 30.5 Å². The monoisotopic (exact) mass is 320 g/mol. The first kappa shape index (κ1) is 15.2. The Morgan fingerprint density at radius 1 is 1.27 bits per heavy atom. The molecule has 0 spiro atoms. The SMILES string of the molecule is Cc1noc(C)c1S(=O)(=O)N1CCC(Cc2ccccc2)C1. The van der Waals surface area contributed by atoms with Crippen molar-refractivity contribution in [2.45, 2.75) is 31.6 Å². The third-order valence-corrected chi connectivity index (χ3v) is 6.29. The van der Waals surface area contributed by atoms with Gasteiger partial charge in [-0.25, -0.2) is 8.42 Å². The summed E-state index contributed by atoms with van der Waals surface area (Å²) in [5.74, 6) is 0.724. The zero-order chi connectivity index (χ0) is 15.7. The van der Waals surface area contributed by atoms with Gasteiger partial charge in [0.05, 0.1) is 0 Å². The van der Waals surface area contributed by atoms with Crippen molar-refractivity contribution in [1.29, 1.82) is 0 Å². The summed E-state index contributed by atoms with van der Waals surface area (Å²) in [7, 11) is -3.50. The molecule has 2 heterocycles. The number of aryl methyl sites for hydroxylation is 2. The first-order valence-corrected chi connectivity index (χ1v) is 8.89. The molecule has 0 aliphatic carbocycles. The van der Waals surface area contributed by atoms with Gasteiger partial charge >= 0.3 is 0 Å². The Balaban J connectivity index is 1.75. The van der Waals surface area contributed by atoms with Gasteiger partial charge in [-0.1, -0.05) is 35.5 Å². The van der Waals surface area contributed by atoms with Gasteiger partial charge in [0.2, 0.25) is 10.0 Å². The van der Waals surface area contributed by atoms with Crippen LogP contribution in [0.1, 0.15) is 23.4 Å². The van der Waals surface area contributed by atoms with Crippen LogP contribution in [0.5, 0.6) is 0 Å². The fourth-order valence-corrected chi connectivity index (χ4v) is 4.92. The quantitative estimate of drug-likeness (QED) is 0.868. The predicted molar refractivity (Wildman–Crippen MR) is 83.0 cm³/mol. The van der Waals surface area contributed by atoms with E-state index in [9.17, 15) is 8.42 Å². The molecular weight excluding hydrogens is 300 g/mol. The maximum absolute atomic E-state index is 12.8. The van der Waals surface area contributed by atoms with E-state index in [-0.39, 0.29) is 4.90 Å². The molecule has 0 amide bonds. The lowest BCUT2D eigenvalue weighted by molar-refractivity contribution is 0.389. The maximum atomic E-state index is 12.8. The van der Waals surface area contributed by atoms with Crippen molar-refractivity contribution in [3.05, 3.63) is 47.3 Å². The molecule has 1 aliphatic rings. The first-order chi connectivity index (χ1) is 10.5. The molecule has 6 heteroatoms. The molecule has 5 nitrogen and oxygen atoms in total. The molecule has 1 fully saturated rings. The Morgan fingerprint density at radius 2 is 2.00 bits per heavy atom. The second kappa shape index (κ2) is 5.85. The summed E-state index contributed by atoms with van der Waals surface area (Å²) in [5, 5.41) is 3.76. The van der Waals surface area contributed by atoms with E-state index in [1.54, 1.807) is 18.2 Å². The van der Waals surface area contributed by atoms with Crippen molar-refractivity contribution in [3.63, 3.8) is 0 Å². The molecule has 3 rings (SSSR count). The van der Waals surface area contributed by atoms with Gasteiger partial charge in [0, 0.05) is 13.1 Å². The van der Waals surface area contributed by atoms with Gasteiger partial charge < -0.3 is 4.52 Å². The van der Waals surface area contributed by atoms with Crippen LogP contribution in [0.2, 0.25) is 0 Å². The van der Waals surface area contributed by atoms with Crippen LogP contribution in [-0.4, -0.2) is 31.0 Å². The highest BCUT2D eigenvalue weighted by atomic mass is 32.2. The molecular formula is C16H20N2O3S. The molecule has 0 bridgehead atoms. The summed E-state index contributed by atoms with van der Waals surface area (Å²) in [6.45, 7) is 4.43. The highest BCUT2D eigenvalue weighted by Gasteiger charge is 2.36. The van der Waals surface area contributed by atoms with Crippen LogP contribution in [0.15, 0.2) is 39.8 Å². The Morgan fingerprint density at radius 3 is 2.64 bits per heavy atom. The topological polar surface area (TPSA) is 63.4 Å². The summed E-state index contributed by atoms with van der Waals surface area (Å²) in [5.41, 5.74) is 1.69. The van der Waals surface area contributed by atoms with Gasteiger partial charge in [-0.3, -0.25) is 0 Å². The Kier molecular flexibility index (Phi) is 4.06. The second-order valence-electron chi connectivity index (χ2n) is 5.86. The highest BCUT2D eigenvalue weighted by molar-refractivity contribution is 7.89. The first-order valence-electron chi connectivity index (χ1n) is 7.45. The molecule has 118 valence electrons. The third-order valence-electron chi connectivity index (χ3n) is 4.18. The zero-order valence-corrected chi connectivity index (χ0v) is 13.6. The second-order valence-corrected chi connectivity index (χ2v) is 7.74. The van der Waals surface area contributed by atoms with Crippen molar-refractivity contribution >= 4 is 10.0 Å². The van der Waals surface area contributed by atoms with Crippen LogP contribution in [0.3, 0.4) is 0 Å². The van der Waals surface area contributed by atoms with E-state index < -0.39 is 10.0 Å². The van der Waals surface area contributed by atoms with Crippen LogP contribution < -0.4 is 0 Å². The minimum atomic E-state index is -3.50. The van der Waals surface area contributed by atoms with Crippen LogP contribution in [0.4, 0.5) is 0 Å². The zero-order valence-electron chi connectivity index (χ0n) is 12.8. The molecule has 0 saturated carbocycles. The van der Waals surface area contributed by atoms with Crippen LogP contribution >= 0.6 is 0 Å². The highest BCUT2D eigenvalue weighted by Crippen LogP contribution is 2.29. The van der Waals surface area contributed by atoms with Gasteiger partial charge in [-0.15, -0.1) is 0 Å². The average Bonchev–Trinajstić information content (AvgIpc) is 3.08. The Bertz CT molecular complexity index is 733. The van der Waals surface area contributed by atoms with E-state index in [4.69, 9.17) is 4.52 Å². The Labute approximate surface area is 131 Å². The molecule has 1 atom stereocenters. The smallest absolute Gasteiger partial charge is 0.248 e. The summed E-state index contributed by atoms with van der Waals surface area (Å²) < 4.78 is 32.1. The van der Waals surface area contributed by atoms with Crippen LogP contribution in [-0.2, 0) is 16.4 Å². The average molecular weight is 320 g/mol. The molecule has 22 heavy (non-hydrogen) atoms. The third kappa shape index (κ3) is 2.80.